The minimum absolute atomic E-state index is 0.0603. The molecular formula is C37H44O10. The van der Waals surface area contributed by atoms with E-state index in [1.54, 1.807) is 73.7 Å². The van der Waals surface area contributed by atoms with Gasteiger partial charge in [0.15, 0.2) is 0 Å². The molecule has 0 amide bonds. The Kier molecular flexibility index (Phi) is 16.0. The second-order valence-corrected chi connectivity index (χ2v) is 10.8. The molecule has 0 aromatic heterocycles. The molecule has 10 heteroatoms. The molecule has 3 aromatic rings. The zero-order valence-corrected chi connectivity index (χ0v) is 27.1. The highest BCUT2D eigenvalue weighted by atomic mass is 16.6. The maximum Gasteiger partial charge on any atom is 0.343 e. The normalized spacial score (nSPS) is 11.3. The minimum atomic E-state index is -0.895. The predicted molar refractivity (Wildman–Crippen MR) is 176 cm³/mol. The summed E-state index contributed by atoms with van der Waals surface area (Å²) >= 11 is 0. The Morgan fingerprint density at radius 3 is 1.85 bits per heavy atom. The van der Waals surface area contributed by atoms with E-state index in [1.165, 1.54) is 12.8 Å². The van der Waals surface area contributed by atoms with Crippen LogP contribution in [-0.4, -0.2) is 62.2 Å². The fraction of sp³-hybridized carbons (Fsp3) is 0.378. The predicted octanol–water partition coefficient (Wildman–Crippen LogP) is 6.66. The number of rotatable bonds is 21. The summed E-state index contributed by atoms with van der Waals surface area (Å²) in [5, 5.41) is 9.70. The fourth-order valence-electron chi connectivity index (χ4n) is 4.22. The van der Waals surface area contributed by atoms with Gasteiger partial charge in [-0.2, -0.15) is 0 Å². The van der Waals surface area contributed by atoms with Crippen molar-refractivity contribution in [1.82, 2.24) is 0 Å². The van der Waals surface area contributed by atoms with E-state index in [2.05, 4.69) is 13.5 Å². The van der Waals surface area contributed by atoms with Crippen LogP contribution in [0.3, 0.4) is 0 Å². The molecule has 0 radical (unpaired) electrons. The number of hydrogen-bond donors (Lipinski definition) is 1. The molecule has 0 heterocycles. The van der Waals surface area contributed by atoms with E-state index >= 15 is 0 Å². The first-order chi connectivity index (χ1) is 22.8. The smallest absolute Gasteiger partial charge is 0.343 e. The first kappa shape index (κ1) is 36.8. The second kappa shape index (κ2) is 20.5. The minimum Gasteiger partial charge on any atom is -0.494 e. The molecule has 1 N–H and O–H groups in total. The van der Waals surface area contributed by atoms with Crippen molar-refractivity contribution in [2.24, 2.45) is 0 Å². The summed E-state index contributed by atoms with van der Waals surface area (Å²) in [5.74, 6) is 0.375. The van der Waals surface area contributed by atoms with Gasteiger partial charge in [0.2, 0.25) is 0 Å². The Balaban J connectivity index is 1.37. The molecule has 47 heavy (non-hydrogen) atoms. The van der Waals surface area contributed by atoms with Gasteiger partial charge < -0.3 is 33.5 Å². The molecule has 0 saturated carbocycles. The number of aliphatic hydroxyl groups excluding tert-OH is 1. The van der Waals surface area contributed by atoms with Gasteiger partial charge in [0.1, 0.15) is 35.7 Å². The van der Waals surface area contributed by atoms with Crippen LogP contribution in [0, 0.1) is 6.92 Å². The summed E-state index contributed by atoms with van der Waals surface area (Å²) in [6.45, 7) is 8.64. The van der Waals surface area contributed by atoms with Gasteiger partial charge in [-0.15, -0.1) is 0 Å². The molecule has 1 atom stereocenters. The number of aliphatic hydroxyl groups is 1. The van der Waals surface area contributed by atoms with Crippen molar-refractivity contribution in [2.45, 2.75) is 58.5 Å². The first-order valence-corrected chi connectivity index (χ1v) is 15.8. The molecule has 0 fully saturated rings. The number of carbonyl (C=O) groups excluding carboxylic acids is 3. The van der Waals surface area contributed by atoms with Gasteiger partial charge in [-0.3, -0.25) is 0 Å². The summed E-state index contributed by atoms with van der Waals surface area (Å²) in [7, 11) is 0. The van der Waals surface area contributed by atoms with Crippen molar-refractivity contribution in [2.75, 3.05) is 33.0 Å². The monoisotopic (exact) mass is 648 g/mol. The van der Waals surface area contributed by atoms with Gasteiger partial charge in [-0.25, -0.2) is 14.4 Å². The van der Waals surface area contributed by atoms with Crippen LogP contribution in [-0.2, 0) is 14.3 Å². The average molecular weight is 649 g/mol. The Hall–Kier alpha value is -4.67. The molecule has 0 aliphatic rings. The van der Waals surface area contributed by atoms with Crippen LogP contribution in [0.5, 0.6) is 23.0 Å². The summed E-state index contributed by atoms with van der Waals surface area (Å²) in [6.07, 6.45) is 6.07. The van der Waals surface area contributed by atoms with E-state index in [0.29, 0.717) is 65.9 Å². The van der Waals surface area contributed by atoms with Crippen LogP contribution in [0.1, 0.15) is 71.7 Å². The lowest BCUT2D eigenvalue weighted by Gasteiger charge is -2.11. The van der Waals surface area contributed by atoms with Crippen molar-refractivity contribution < 1.29 is 47.9 Å². The molecule has 0 spiro atoms. The number of carbonyl (C=O) groups is 3. The fourth-order valence-corrected chi connectivity index (χ4v) is 4.22. The zero-order chi connectivity index (χ0) is 33.9. The lowest BCUT2D eigenvalue weighted by molar-refractivity contribution is -0.141. The highest BCUT2D eigenvalue weighted by Gasteiger charge is 2.14. The lowest BCUT2D eigenvalue weighted by Crippen LogP contribution is -2.23. The molecule has 3 rings (SSSR count). The molecular weight excluding hydrogens is 604 g/mol. The quantitative estimate of drug-likeness (QED) is 0.0580. The third-order valence-corrected chi connectivity index (χ3v) is 6.85. The molecule has 0 bridgehead atoms. The molecule has 1 unspecified atom stereocenters. The molecule has 10 nitrogen and oxygen atoms in total. The van der Waals surface area contributed by atoms with Gasteiger partial charge in [0.25, 0.3) is 0 Å². The molecule has 0 saturated heterocycles. The van der Waals surface area contributed by atoms with Crippen LogP contribution in [0.4, 0.5) is 0 Å². The van der Waals surface area contributed by atoms with Gasteiger partial charge in [-0.1, -0.05) is 32.8 Å². The molecule has 252 valence electrons. The van der Waals surface area contributed by atoms with Crippen LogP contribution >= 0.6 is 0 Å². The third-order valence-electron chi connectivity index (χ3n) is 6.85. The van der Waals surface area contributed by atoms with E-state index in [1.807, 2.05) is 0 Å². The largest absolute Gasteiger partial charge is 0.494 e. The van der Waals surface area contributed by atoms with E-state index in [4.69, 9.17) is 28.4 Å². The second-order valence-electron chi connectivity index (χ2n) is 10.8. The van der Waals surface area contributed by atoms with Gasteiger partial charge in [0, 0.05) is 12.7 Å². The number of hydrogen-bond acceptors (Lipinski definition) is 10. The standard InChI is InChI=1S/C37H44O10/c1-4-6-7-8-22-43-31-15-11-28(12-16-31)36(40)46-33-19-20-34(27(3)24-33)47-37(41)29-13-17-32(18-14-29)44-23-10-9-21-42-25-30(38)26-45-35(39)5-2/h5,11-20,24,30,38H,2,4,6-10,21-23,25-26H2,1,3H3. The average Bonchev–Trinajstić information content (AvgIpc) is 3.08. The number of unbranched alkanes of at least 4 members (excludes halogenated alkanes) is 4. The van der Waals surface area contributed by atoms with Gasteiger partial charge in [-0.05, 0) is 98.5 Å². The van der Waals surface area contributed by atoms with Crippen molar-refractivity contribution in [3.05, 3.63) is 96.1 Å². The van der Waals surface area contributed by atoms with Crippen LogP contribution in [0.25, 0.3) is 0 Å². The van der Waals surface area contributed by atoms with Crippen molar-refractivity contribution in [1.29, 1.82) is 0 Å². The van der Waals surface area contributed by atoms with Crippen LogP contribution in [0.2, 0.25) is 0 Å². The maximum atomic E-state index is 12.7. The molecule has 0 aliphatic heterocycles. The lowest BCUT2D eigenvalue weighted by atomic mass is 10.2. The van der Waals surface area contributed by atoms with Gasteiger partial charge >= 0.3 is 17.9 Å². The first-order valence-electron chi connectivity index (χ1n) is 15.8. The number of ether oxygens (including phenoxy) is 6. The summed E-state index contributed by atoms with van der Waals surface area (Å²) in [5.41, 5.74) is 1.38. The van der Waals surface area contributed by atoms with Crippen molar-refractivity contribution in [3.63, 3.8) is 0 Å². The third kappa shape index (κ3) is 13.7. The summed E-state index contributed by atoms with van der Waals surface area (Å²) in [4.78, 5) is 36.4. The maximum absolute atomic E-state index is 12.7. The van der Waals surface area contributed by atoms with E-state index in [0.717, 1.165) is 25.3 Å². The number of aryl methyl sites for hydroxylation is 1. The van der Waals surface area contributed by atoms with E-state index in [-0.39, 0.29) is 13.2 Å². The highest BCUT2D eigenvalue weighted by Crippen LogP contribution is 2.26. The number of benzene rings is 3. The Morgan fingerprint density at radius 2 is 1.28 bits per heavy atom. The Morgan fingerprint density at radius 1 is 0.723 bits per heavy atom. The van der Waals surface area contributed by atoms with Crippen molar-refractivity contribution >= 4 is 17.9 Å². The summed E-state index contributed by atoms with van der Waals surface area (Å²) < 4.78 is 32.7. The van der Waals surface area contributed by atoms with E-state index in [9.17, 15) is 19.5 Å². The van der Waals surface area contributed by atoms with Gasteiger partial charge in [0.05, 0.1) is 30.9 Å². The van der Waals surface area contributed by atoms with Crippen molar-refractivity contribution in [3.8, 4) is 23.0 Å². The van der Waals surface area contributed by atoms with Crippen LogP contribution < -0.4 is 18.9 Å². The number of esters is 3. The van der Waals surface area contributed by atoms with E-state index < -0.39 is 24.0 Å². The highest BCUT2D eigenvalue weighted by molar-refractivity contribution is 5.92. The molecule has 3 aromatic carbocycles. The molecule has 0 aliphatic carbocycles. The summed E-state index contributed by atoms with van der Waals surface area (Å²) in [6, 6.07) is 18.3. The SMILES string of the molecule is C=CC(=O)OCC(O)COCCCCOc1ccc(C(=O)Oc2ccc(OC(=O)c3ccc(OCCCCCC)cc3)cc2C)cc1. The Bertz CT molecular complexity index is 1420. The zero-order valence-electron chi connectivity index (χ0n) is 27.1. The Labute approximate surface area is 276 Å². The van der Waals surface area contributed by atoms with Crippen LogP contribution in [0.15, 0.2) is 79.4 Å². The topological polar surface area (TPSA) is 127 Å².